The second kappa shape index (κ2) is 5.53. The number of hydrogen-bond acceptors (Lipinski definition) is 3. The molecule has 0 aromatic heterocycles. The number of nitrogens with zero attached hydrogens (tertiary/aromatic N) is 1. The van der Waals surface area contributed by atoms with Crippen LogP contribution in [0.15, 0.2) is 16.4 Å². The molecule has 1 rings (SSSR count). The molecule has 2 N–H and O–H groups in total. The van der Waals surface area contributed by atoms with Crippen LogP contribution in [0.2, 0.25) is 0 Å². The Morgan fingerprint density at radius 2 is 2.19 bits per heavy atom. The van der Waals surface area contributed by atoms with Gasteiger partial charge < -0.3 is 15.5 Å². The zero-order valence-corrected chi connectivity index (χ0v) is 10.3. The van der Waals surface area contributed by atoms with Crippen molar-refractivity contribution in [3.05, 3.63) is 11.3 Å². The molecule has 0 fully saturated rings. The monoisotopic (exact) mass is 225 g/mol. The van der Waals surface area contributed by atoms with Gasteiger partial charge in [-0.1, -0.05) is 12.1 Å². The minimum atomic E-state index is -0.155. The van der Waals surface area contributed by atoms with Gasteiger partial charge in [0.25, 0.3) is 0 Å². The lowest BCUT2D eigenvalue weighted by atomic mass is 9.97. The van der Waals surface area contributed by atoms with Crippen LogP contribution in [0.4, 0.5) is 4.79 Å². The van der Waals surface area contributed by atoms with Crippen molar-refractivity contribution in [1.29, 1.82) is 0 Å². The molecule has 1 aliphatic rings. The Balaban J connectivity index is 2.97. The third kappa shape index (κ3) is 2.74. The van der Waals surface area contributed by atoms with E-state index in [1.165, 1.54) is 0 Å². The van der Waals surface area contributed by atoms with Crippen LogP contribution in [0.3, 0.4) is 0 Å². The summed E-state index contributed by atoms with van der Waals surface area (Å²) in [5, 5.41) is 9.61. The molecule has 0 aromatic rings. The molecular weight excluding hydrogens is 206 g/mol. The van der Waals surface area contributed by atoms with Crippen molar-refractivity contribution >= 4 is 11.7 Å². The van der Waals surface area contributed by atoms with Crippen molar-refractivity contribution in [3.63, 3.8) is 0 Å². The van der Waals surface area contributed by atoms with Gasteiger partial charge in [0.15, 0.2) is 0 Å². The molecule has 0 aliphatic carbocycles. The number of oxime groups is 1. The highest BCUT2D eigenvalue weighted by molar-refractivity contribution is 6.01. The average molecular weight is 225 g/mol. The van der Waals surface area contributed by atoms with Gasteiger partial charge in [0, 0.05) is 11.3 Å². The Labute approximate surface area is 95.9 Å². The Morgan fingerprint density at radius 1 is 1.50 bits per heavy atom. The minimum Gasteiger partial charge on any atom is -0.396 e. The van der Waals surface area contributed by atoms with Crippen LogP contribution in [0.5, 0.6) is 0 Å². The normalized spacial score (nSPS) is 21.6. The number of carbonyl (C=O) groups excluding carboxylic acids is 1. The number of rotatable bonds is 4. The highest BCUT2D eigenvalue weighted by Gasteiger charge is 2.25. The number of urea groups is 1. The Bertz CT molecular complexity index is 334. The van der Waals surface area contributed by atoms with E-state index in [2.05, 4.69) is 15.8 Å². The molecule has 0 aromatic carbocycles. The summed E-state index contributed by atoms with van der Waals surface area (Å²) in [6, 6.07) is -0.143. The van der Waals surface area contributed by atoms with Gasteiger partial charge in [0.05, 0.1) is 11.8 Å². The first-order valence-electron chi connectivity index (χ1n) is 5.55. The first-order valence-corrected chi connectivity index (χ1v) is 5.55. The SMILES string of the molecule is CCO/N=C(\C)C1=C(C)NC(=O)NC1CC. The van der Waals surface area contributed by atoms with Crippen molar-refractivity contribution in [1.82, 2.24) is 10.6 Å². The van der Waals surface area contributed by atoms with E-state index in [0.29, 0.717) is 6.61 Å². The van der Waals surface area contributed by atoms with Crippen LogP contribution < -0.4 is 10.6 Å². The van der Waals surface area contributed by atoms with E-state index in [0.717, 1.165) is 23.4 Å². The van der Waals surface area contributed by atoms with Gasteiger partial charge in [-0.15, -0.1) is 0 Å². The van der Waals surface area contributed by atoms with Crippen LogP contribution in [0.1, 0.15) is 34.1 Å². The Kier molecular flexibility index (Phi) is 4.34. The van der Waals surface area contributed by atoms with Crippen molar-refractivity contribution in [2.75, 3.05) is 6.61 Å². The van der Waals surface area contributed by atoms with Gasteiger partial charge >= 0.3 is 6.03 Å². The topological polar surface area (TPSA) is 62.7 Å². The van der Waals surface area contributed by atoms with Crippen molar-refractivity contribution in [2.24, 2.45) is 5.16 Å². The lowest BCUT2D eigenvalue weighted by Crippen LogP contribution is -2.49. The van der Waals surface area contributed by atoms with Crippen molar-refractivity contribution < 1.29 is 9.63 Å². The fourth-order valence-corrected chi connectivity index (χ4v) is 1.81. The first kappa shape index (κ1) is 12.5. The molecule has 16 heavy (non-hydrogen) atoms. The second-order valence-corrected chi connectivity index (χ2v) is 3.69. The molecule has 5 heteroatoms. The number of hydrogen-bond donors (Lipinski definition) is 2. The first-order chi connectivity index (χ1) is 7.60. The van der Waals surface area contributed by atoms with E-state index in [-0.39, 0.29) is 12.1 Å². The van der Waals surface area contributed by atoms with Crippen LogP contribution in [-0.4, -0.2) is 24.4 Å². The third-order valence-electron chi connectivity index (χ3n) is 2.49. The molecular formula is C11H19N3O2. The van der Waals surface area contributed by atoms with Crippen LogP contribution in [0, 0.1) is 0 Å². The van der Waals surface area contributed by atoms with Gasteiger partial charge in [0.1, 0.15) is 6.61 Å². The second-order valence-electron chi connectivity index (χ2n) is 3.69. The van der Waals surface area contributed by atoms with Gasteiger partial charge in [-0.05, 0) is 27.2 Å². The molecule has 5 nitrogen and oxygen atoms in total. The molecule has 90 valence electrons. The Morgan fingerprint density at radius 3 is 2.75 bits per heavy atom. The standard InChI is InChI=1S/C11H19N3O2/c1-5-9-10(8(4)14-16-6-2)7(3)12-11(15)13-9/h9H,5-6H2,1-4H3,(H2,12,13,15)/b14-8+. The Hall–Kier alpha value is -1.52. The summed E-state index contributed by atoms with van der Waals surface area (Å²) in [6.07, 6.45) is 0.832. The molecule has 2 amide bonds. The maximum absolute atomic E-state index is 11.3. The molecule has 1 atom stereocenters. The number of amides is 2. The summed E-state index contributed by atoms with van der Waals surface area (Å²) >= 11 is 0. The molecule has 1 unspecified atom stereocenters. The van der Waals surface area contributed by atoms with Gasteiger partial charge in [-0.2, -0.15) is 0 Å². The van der Waals surface area contributed by atoms with Crippen LogP contribution in [0.25, 0.3) is 0 Å². The molecule has 1 aliphatic heterocycles. The highest BCUT2D eigenvalue weighted by Crippen LogP contribution is 2.16. The zero-order valence-electron chi connectivity index (χ0n) is 10.3. The van der Waals surface area contributed by atoms with Gasteiger partial charge in [-0.3, -0.25) is 0 Å². The molecule has 0 spiro atoms. The van der Waals surface area contributed by atoms with E-state index in [4.69, 9.17) is 4.84 Å². The van der Waals surface area contributed by atoms with Crippen molar-refractivity contribution in [2.45, 2.75) is 40.2 Å². The van der Waals surface area contributed by atoms with Crippen LogP contribution in [-0.2, 0) is 4.84 Å². The highest BCUT2D eigenvalue weighted by atomic mass is 16.6. The van der Waals surface area contributed by atoms with E-state index in [1.54, 1.807) is 0 Å². The maximum atomic E-state index is 11.3. The minimum absolute atomic E-state index is 0.0120. The molecule has 0 saturated heterocycles. The van der Waals surface area contributed by atoms with Crippen LogP contribution >= 0.6 is 0 Å². The van der Waals surface area contributed by atoms with E-state index in [1.807, 2.05) is 27.7 Å². The zero-order chi connectivity index (χ0) is 12.1. The summed E-state index contributed by atoms with van der Waals surface area (Å²) in [4.78, 5) is 16.3. The third-order valence-corrected chi connectivity index (χ3v) is 2.49. The summed E-state index contributed by atoms with van der Waals surface area (Å²) in [5.41, 5.74) is 2.66. The predicted molar refractivity (Wildman–Crippen MR) is 63.2 cm³/mol. The fourth-order valence-electron chi connectivity index (χ4n) is 1.81. The largest absolute Gasteiger partial charge is 0.396 e. The summed E-state index contributed by atoms with van der Waals surface area (Å²) in [5.74, 6) is 0. The smallest absolute Gasteiger partial charge is 0.319 e. The number of nitrogens with one attached hydrogen (secondary N) is 2. The van der Waals surface area contributed by atoms with Gasteiger partial charge in [-0.25, -0.2) is 4.79 Å². The molecule has 0 bridgehead atoms. The number of allylic oxidation sites excluding steroid dienone is 1. The number of carbonyl (C=O) groups is 1. The van der Waals surface area contributed by atoms with E-state index >= 15 is 0 Å². The van der Waals surface area contributed by atoms with E-state index < -0.39 is 0 Å². The average Bonchev–Trinajstić information content (AvgIpc) is 2.24. The maximum Gasteiger partial charge on any atom is 0.319 e. The summed E-state index contributed by atoms with van der Waals surface area (Å²) in [6.45, 7) is 8.21. The summed E-state index contributed by atoms with van der Waals surface area (Å²) < 4.78 is 0. The van der Waals surface area contributed by atoms with E-state index in [9.17, 15) is 4.79 Å². The fraction of sp³-hybridized carbons (Fsp3) is 0.636. The molecule has 1 heterocycles. The molecule has 0 radical (unpaired) electrons. The van der Waals surface area contributed by atoms with Crippen molar-refractivity contribution in [3.8, 4) is 0 Å². The molecule has 0 saturated carbocycles. The lowest BCUT2D eigenvalue weighted by Gasteiger charge is -2.27. The van der Waals surface area contributed by atoms with Gasteiger partial charge in [0.2, 0.25) is 0 Å². The lowest BCUT2D eigenvalue weighted by molar-refractivity contribution is 0.158. The summed E-state index contributed by atoms with van der Waals surface area (Å²) in [7, 11) is 0. The predicted octanol–water partition coefficient (Wildman–Crippen LogP) is 1.76. The quantitative estimate of drug-likeness (QED) is 0.565.